The highest BCUT2D eigenvalue weighted by Crippen LogP contribution is 2.19. The fourth-order valence-corrected chi connectivity index (χ4v) is 3.02. The molecule has 1 fully saturated rings. The molecule has 1 aliphatic heterocycles. The normalized spacial score (nSPS) is 17.1. The number of aryl methyl sites for hydroxylation is 1. The number of hydrogen-bond acceptors (Lipinski definition) is 2. The van der Waals surface area contributed by atoms with E-state index in [9.17, 15) is 0 Å². The third-order valence-electron chi connectivity index (χ3n) is 4.70. The van der Waals surface area contributed by atoms with Gasteiger partial charge in [-0.2, -0.15) is 0 Å². The van der Waals surface area contributed by atoms with Gasteiger partial charge in [-0.3, -0.25) is 9.89 Å². The molecule has 0 bridgehead atoms. The minimum absolute atomic E-state index is 0.155. The van der Waals surface area contributed by atoms with Gasteiger partial charge in [-0.15, -0.1) is 0 Å². The molecule has 0 aromatic heterocycles. The molecule has 0 radical (unpaired) electrons. The van der Waals surface area contributed by atoms with E-state index in [2.05, 4.69) is 65.6 Å². The predicted molar refractivity (Wildman–Crippen MR) is 98.9 cm³/mol. The number of aliphatic imine (C=N–C) groups is 1. The highest BCUT2D eigenvalue weighted by atomic mass is 15.2. The summed E-state index contributed by atoms with van der Waals surface area (Å²) in [6.07, 6.45) is 4.02. The number of guanidine groups is 1. The van der Waals surface area contributed by atoms with Gasteiger partial charge in [-0.25, -0.2) is 0 Å². The molecule has 128 valence electrons. The minimum Gasteiger partial charge on any atom is -0.355 e. The Morgan fingerprint density at radius 3 is 2.35 bits per heavy atom. The molecule has 2 rings (SSSR count). The average molecular weight is 316 g/mol. The molecule has 1 aromatic carbocycles. The number of nitrogens with one attached hydrogen (secondary N) is 2. The molecule has 23 heavy (non-hydrogen) atoms. The minimum atomic E-state index is 0.155. The van der Waals surface area contributed by atoms with Gasteiger partial charge in [0, 0.05) is 25.7 Å². The molecule has 1 heterocycles. The highest BCUT2D eigenvalue weighted by Gasteiger charge is 2.27. The van der Waals surface area contributed by atoms with Crippen LogP contribution in [0.15, 0.2) is 29.3 Å². The van der Waals surface area contributed by atoms with E-state index >= 15 is 0 Å². The number of likely N-dealkylation sites (tertiary alicyclic amines) is 1. The van der Waals surface area contributed by atoms with E-state index in [-0.39, 0.29) is 5.54 Å². The number of nitrogens with zero attached hydrogens (tertiary/aromatic N) is 2. The SMILES string of the molecule is CN=C(NCc1ccc(C)cc1)NCC(C)(C)N1CCCCC1. The maximum atomic E-state index is 4.34. The molecule has 0 aliphatic carbocycles. The third kappa shape index (κ3) is 5.54. The Labute approximate surface area is 141 Å². The molecule has 1 aliphatic rings. The lowest BCUT2D eigenvalue weighted by Gasteiger charge is -2.41. The zero-order valence-corrected chi connectivity index (χ0v) is 15.2. The maximum Gasteiger partial charge on any atom is 0.191 e. The van der Waals surface area contributed by atoms with Crippen molar-refractivity contribution in [3.63, 3.8) is 0 Å². The molecule has 0 spiro atoms. The second kappa shape index (κ2) is 8.34. The fraction of sp³-hybridized carbons (Fsp3) is 0.632. The Kier molecular flexibility index (Phi) is 6.46. The van der Waals surface area contributed by atoms with Crippen LogP contribution in [0.2, 0.25) is 0 Å². The van der Waals surface area contributed by atoms with Crippen molar-refractivity contribution in [3.8, 4) is 0 Å². The molecule has 1 saturated heterocycles. The van der Waals surface area contributed by atoms with Gasteiger partial charge >= 0.3 is 0 Å². The first-order valence-electron chi connectivity index (χ1n) is 8.76. The number of hydrogen-bond donors (Lipinski definition) is 2. The van der Waals surface area contributed by atoms with Crippen molar-refractivity contribution >= 4 is 5.96 Å². The summed E-state index contributed by atoms with van der Waals surface area (Å²) >= 11 is 0. The van der Waals surface area contributed by atoms with Gasteiger partial charge in [0.25, 0.3) is 0 Å². The van der Waals surface area contributed by atoms with Crippen LogP contribution in [-0.2, 0) is 6.54 Å². The van der Waals surface area contributed by atoms with Crippen LogP contribution in [0.3, 0.4) is 0 Å². The van der Waals surface area contributed by atoms with E-state index < -0.39 is 0 Å². The molecular weight excluding hydrogens is 284 g/mol. The second-order valence-corrected chi connectivity index (χ2v) is 7.13. The molecule has 0 amide bonds. The first-order valence-corrected chi connectivity index (χ1v) is 8.76. The van der Waals surface area contributed by atoms with Crippen molar-refractivity contribution in [2.45, 2.75) is 52.1 Å². The molecular formula is C19H32N4. The van der Waals surface area contributed by atoms with Gasteiger partial charge in [-0.05, 0) is 52.3 Å². The van der Waals surface area contributed by atoms with Gasteiger partial charge in [0.15, 0.2) is 5.96 Å². The summed E-state index contributed by atoms with van der Waals surface area (Å²) in [6, 6.07) is 8.61. The van der Waals surface area contributed by atoms with Crippen molar-refractivity contribution in [2.75, 3.05) is 26.7 Å². The summed E-state index contributed by atoms with van der Waals surface area (Å²) in [5, 5.41) is 6.89. The second-order valence-electron chi connectivity index (χ2n) is 7.13. The van der Waals surface area contributed by atoms with Gasteiger partial charge in [0.05, 0.1) is 0 Å². The first kappa shape index (κ1) is 17.8. The van der Waals surface area contributed by atoms with Crippen molar-refractivity contribution in [1.29, 1.82) is 0 Å². The van der Waals surface area contributed by atoms with Crippen LogP contribution in [0.4, 0.5) is 0 Å². The van der Waals surface area contributed by atoms with Crippen molar-refractivity contribution in [1.82, 2.24) is 15.5 Å². The molecule has 0 atom stereocenters. The predicted octanol–water partition coefficient (Wildman–Crippen LogP) is 2.92. The summed E-state index contributed by atoms with van der Waals surface area (Å²) in [7, 11) is 1.83. The zero-order chi connectivity index (χ0) is 16.7. The fourth-order valence-electron chi connectivity index (χ4n) is 3.02. The Balaban J connectivity index is 1.81. The zero-order valence-electron chi connectivity index (χ0n) is 15.2. The van der Waals surface area contributed by atoms with E-state index in [1.165, 1.54) is 43.5 Å². The van der Waals surface area contributed by atoms with Gasteiger partial charge < -0.3 is 10.6 Å². The number of piperidine rings is 1. The lowest BCUT2D eigenvalue weighted by atomic mass is 9.98. The van der Waals surface area contributed by atoms with Crippen molar-refractivity contribution in [3.05, 3.63) is 35.4 Å². The summed E-state index contributed by atoms with van der Waals surface area (Å²) in [4.78, 5) is 6.94. The van der Waals surface area contributed by atoms with Crippen molar-refractivity contribution < 1.29 is 0 Å². The van der Waals surface area contributed by atoms with E-state index in [0.717, 1.165) is 19.0 Å². The van der Waals surface area contributed by atoms with E-state index in [1.807, 2.05) is 7.05 Å². The Hall–Kier alpha value is -1.55. The number of benzene rings is 1. The first-order chi connectivity index (χ1) is 11.0. The molecule has 4 heteroatoms. The van der Waals surface area contributed by atoms with E-state index in [4.69, 9.17) is 0 Å². The van der Waals surface area contributed by atoms with E-state index in [0.29, 0.717) is 0 Å². The van der Waals surface area contributed by atoms with Gasteiger partial charge in [0.2, 0.25) is 0 Å². The quantitative estimate of drug-likeness (QED) is 0.648. The lowest BCUT2D eigenvalue weighted by Crippen LogP contribution is -2.54. The van der Waals surface area contributed by atoms with Crippen LogP contribution in [-0.4, -0.2) is 43.1 Å². The summed E-state index contributed by atoms with van der Waals surface area (Å²) in [5.41, 5.74) is 2.72. The monoisotopic (exact) mass is 316 g/mol. The summed E-state index contributed by atoms with van der Waals surface area (Å²) < 4.78 is 0. The molecule has 1 aromatic rings. The third-order valence-corrected chi connectivity index (χ3v) is 4.70. The largest absolute Gasteiger partial charge is 0.355 e. The summed E-state index contributed by atoms with van der Waals surface area (Å²) in [6.45, 7) is 10.9. The van der Waals surface area contributed by atoms with Gasteiger partial charge in [0.1, 0.15) is 0 Å². The topological polar surface area (TPSA) is 39.7 Å². The van der Waals surface area contributed by atoms with Crippen LogP contribution in [0.5, 0.6) is 0 Å². The van der Waals surface area contributed by atoms with Crippen LogP contribution in [0.25, 0.3) is 0 Å². The molecule has 2 N–H and O–H groups in total. The molecule has 0 unspecified atom stereocenters. The Morgan fingerprint density at radius 2 is 1.74 bits per heavy atom. The van der Waals surface area contributed by atoms with Crippen LogP contribution in [0, 0.1) is 6.92 Å². The highest BCUT2D eigenvalue weighted by molar-refractivity contribution is 5.79. The van der Waals surface area contributed by atoms with Crippen LogP contribution in [0.1, 0.15) is 44.2 Å². The molecule has 0 saturated carbocycles. The average Bonchev–Trinajstić information content (AvgIpc) is 2.57. The summed E-state index contributed by atoms with van der Waals surface area (Å²) in [5.74, 6) is 0.871. The van der Waals surface area contributed by atoms with Crippen LogP contribution >= 0.6 is 0 Å². The van der Waals surface area contributed by atoms with Crippen LogP contribution < -0.4 is 10.6 Å². The number of rotatable bonds is 5. The standard InChI is InChI=1S/C19H32N4/c1-16-8-10-17(11-9-16)14-21-18(20-4)22-15-19(2,3)23-12-6-5-7-13-23/h8-11H,5-7,12-15H2,1-4H3,(H2,20,21,22). The Bertz CT molecular complexity index is 499. The molecule has 4 nitrogen and oxygen atoms in total. The van der Waals surface area contributed by atoms with Gasteiger partial charge in [-0.1, -0.05) is 36.2 Å². The van der Waals surface area contributed by atoms with Crippen molar-refractivity contribution in [2.24, 2.45) is 4.99 Å². The van der Waals surface area contributed by atoms with E-state index in [1.54, 1.807) is 0 Å². The smallest absolute Gasteiger partial charge is 0.191 e. The maximum absolute atomic E-state index is 4.34. The lowest BCUT2D eigenvalue weighted by molar-refractivity contribution is 0.0982. The Morgan fingerprint density at radius 1 is 1.09 bits per heavy atom.